The lowest BCUT2D eigenvalue weighted by atomic mass is 10.1. The minimum Gasteiger partial charge on any atom is -0.395 e. The maximum Gasteiger partial charge on any atom is 0.169 e. The van der Waals surface area contributed by atoms with Crippen LogP contribution in [-0.4, -0.2) is 66.6 Å². The van der Waals surface area contributed by atoms with Crippen molar-refractivity contribution in [2.45, 2.75) is 6.42 Å². The van der Waals surface area contributed by atoms with Gasteiger partial charge in [-0.3, -0.25) is 9.69 Å². The molecule has 116 valence electrons. The molecule has 1 saturated heterocycles. The largest absolute Gasteiger partial charge is 0.395 e. The first kappa shape index (κ1) is 16.0. The first-order valence-electron chi connectivity index (χ1n) is 7.14. The Bertz CT molecular complexity index is 489. The van der Waals surface area contributed by atoms with Gasteiger partial charge in [-0.1, -0.05) is 6.07 Å². The molecule has 4 nitrogen and oxygen atoms in total. The van der Waals surface area contributed by atoms with Crippen LogP contribution in [0.4, 0.5) is 8.78 Å². The van der Waals surface area contributed by atoms with Gasteiger partial charge < -0.3 is 10.0 Å². The summed E-state index contributed by atoms with van der Waals surface area (Å²) in [5.41, 5.74) is -0.172. The number of aliphatic hydroxyl groups excluding tert-OH is 1. The molecule has 1 aliphatic heterocycles. The summed E-state index contributed by atoms with van der Waals surface area (Å²) in [6.07, 6.45) is 0.181. The maximum atomic E-state index is 13.5. The van der Waals surface area contributed by atoms with Crippen LogP contribution in [0.3, 0.4) is 0 Å². The van der Waals surface area contributed by atoms with Gasteiger partial charge in [0.2, 0.25) is 0 Å². The van der Waals surface area contributed by atoms with Gasteiger partial charge in [0.1, 0.15) is 0 Å². The van der Waals surface area contributed by atoms with E-state index in [1.54, 1.807) is 0 Å². The molecular formula is C15H20F2N2O2. The van der Waals surface area contributed by atoms with Crippen LogP contribution in [0.2, 0.25) is 0 Å². The van der Waals surface area contributed by atoms with E-state index in [-0.39, 0.29) is 24.4 Å². The van der Waals surface area contributed by atoms with E-state index < -0.39 is 11.6 Å². The first-order valence-corrected chi connectivity index (χ1v) is 7.14. The summed E-state index contributed by atoms with van der Waals surface area (Å²) < 4.78 is 26.6. The van der Waals surface area contributed by atoms with Crippen LogP contribution in [-0.2, 0) is 0 Å². The fraction of sp³-hybridized carbons (Fsp3) is 0.533. The van der Waals surface area contributed by atoms with E-state index in [0.717, 1.165) is 32.2 Å². The van der Waals surface area contributed by atoms with E-state index in [4.69, 9.17) is 5.11 Å². The normalized spacial score (nSPS) is 17.1. The molecule has 2 rings (SSSR count). The second-order valence-corrected chi connectivity index (χ2v) is 5.18. The predicted octanol–water partition coefficient (Wildman–Crippen LogP) is 1.15. The molecule has 0 aliphatic carbocycles. The Balaban J connectivity index is 1.81. The highest BCUT2D eigenvalue weighted by atomic mass is 19.2. The van der Waals surface area contributed by atoms with Crippen LogP contribution in [0.25, 0.3) is 0 Å². The Morgan fingerprint density at radius 3 is 2.33 bits per heavy atom. The third-order valence-corrected chi connectivity index (χ3v) is 3.79. The molecule has 6 heteroatoms. The first-order chi connectivity index (χ1) is 10.1. The number of benzene rings is 1. The fourth-order valence-corrected chi connectivity index (χ4v) is 2.49. The maximum absolute atomic E-state index is 13.5. The van der Waals surface area contributed by atoms with Gasteiger partial charge in [-0.25, -0.2) is 8.78 Å². The summed E-state index contributed by atoms with van der Waals surface area (Å²) in [4.78, 5) is 16.2. The van der Waals surface area contributed by atoms with E-state index in [1.807, 2.05) is 0 Å². The molecule has 0 amide bonds. The van der Waals surface area contributed by atoms with E-state index in [1.165, 1.54) is 12.1 Å². The molecule has 21 heavy (non-hydrogen) atoms. The number of carbonyl (C=O) groups is 1. The molecule has 1 aromatic carbocycles. The van der Waals surface area contributed by atoms with E-state index >= 15 is 0 Å². The van der Waals surface area contributed by atoms with Gasteiger partial charge in [-0.05, 0) is 12.1 Å². The van der Waals surface area contributed by atoms with Gasteiger partial charge in [-0.15, -0.1) is 0 Å². The van der Waals surface area contributed by atoms with Crippen LogP contribution >= 0.6 is 0 Å². The highest BCUT2D eigenvalue weighted by Gasteiger charge is 2.19. The standard InChI is InChI=1S/C15H20F2N2O2/c16-13-3-1-2-12(15(13)17)14(21)4-5-18-6-8-19(9-7-18)10-11-20/h1-3,20H,4-11H2. The molecule has 0 unspecified atom stereocenters. The molecular weight excluding hydrogens is 278 g/mol. The Morgan fingerprint density at radius 2 is 1.71 bits per heavy atom. The summed E-state index contributed by atoms with van der Waals surface area (Å²) in [6, 6.07) is 3.67. The van der Waals surface area contributed by atoms with Gasteiger partial charge in [0.15, 0.2) is 17.4 Å². The lowest BCUT2D eigenvalue weighted by molar-refractivity contribution is 0.0903. The van der Waals surface area contributed by atoms with Crippen molar-refractivity contribution in [2.75, 3.05) is 45.9 Å². The third kappa shape index (κ3) is 4.30. The molecule has 1 fully saturated rings. The number of β-amino-alcohol motifs (C(OH)–C–C–N with tert-alkyl or cyclic N) is 1. The van der Waals surface area contributed by atoms with Crippen molar-refractivity contribution in [3.8, 4) is 0 Å². The third-order valence-electron chi connectivity index (χ3n) is 3.79. The number of hydrogen-bond acceptors (Lipinski definition) is 4. The number of nitrogens with zero attached hydrogens (tertiary/aromatic N) is 2. The van der Waals surface area contributed by atoms with Crippen LogP contribution in [0.15, 0.2) is 18.2 Å². The van der Waals surface area contributed by atoms with Crippen LogP contribution < -0.4 is 0 Å². The molecule has 0 radical (unpaired) electrons. The SMILES string of the molecule is O=C(CCN1CCN(CCO)CC1)c1cccc(F)c1F. The second-order valence-electron chi connectivity index (χ2n) is 5.18. The summed E-state index contributed by atoms with van der Waals surface area (Å²) in [5.74, 6) is -2.42. The molecule has 1 aliphatic rings. The lowest BCUT2D eigenvalue weighted by Crippen LogP contribution is -2.47. The van der Waals surface area contributed by atoms with Gasteiger partial charge in [0, 0.05) is 45.7 Å². The highest BCUT2D eigenvalue weighted by Crippen LogP contribution is 2.14. The van der Waals surface area contributed by atoms with E-state index in [2.05, 4.69) is 9.80 Å². The molecule has 1 heterocycles. The summed E-state index contributed by atoms with van der Waals surface area (Å²) in [6.45, 7) is 4.70. The summed E-state index contributed by atoms with van der Waals surface area (Å²) >= 11 is 0. The van der Waals surface area contributed by atoms with Gasteiger partial charge >= 0.3 is 0 Å². The molecule has 0 spiro atoms. The average Bonchev–Trinajstić information content (AvgIpc) is 2.49. The van der Waals surface area contributed by atoms with Gasteiger partial charge in [0.25, 0.3) is 0 Å². The van der Waals surface area contributed by atoms with E-state index in [9.17, 15) is 13.6 Å². The lowest BCUT2D eigenvalue weighted by Gasteiger charge is -2.34. The highest BCUT2D eigenvalue weighted by molar-refractivity contribution is 5.96. The Morgan fingerprint density at radius 1 is 1.10 bits per heavy atom. The Labute approximate surface area is 123 Å². The fourth-order valence-electron chi connectivity index (χ4n) is 2.49. The minimum absolute atomic E-state index is 0.150. The summed E-state index contributed by atoms with van der Waals surface area (Å²) in [7, 11) is 0. The summed E-state index contributed by atoms with van der Waals surface area (Å²) in [5, 5.41) is 8.87. The monoisotopic (exact) mass is 298 g/mol. The average molecular weight is 298 g/mol. The number of hydrogen-bond donors (Lipinski definition) is 1. The van der Waals surface area contributed by atoms with Crippen LogP contribution in [0.5, 0.6) is 0 Å². The van der Waals surface area contributed by atoms with Gasteiger partial charge in [0.05, 0.1) is 12.2 Å². The topological polar surface area (TPSA) is 43.8 Å². The van der Waals surface area contributed by atoms with Gasteiger partial charge in [-0.2, -0.15) is 0 Å². The minimum atomic E-state index is -1.06. The van der Waals surface area contributed by atoms with Crippen molar-refractivity contribution >= 4 is 5.78 Å². The number of aliphatic hydroxyl groups is 1. The quantitative estimate of drug-likeness (QED) is 0.800. The Hall–Kier alpha value is -1.37. The Kier molecular flexibility index (Phi) is 5.78. The number of ketones is 1. The zero-order valence-electron chi connectivity index (χ0n) is 11.9. The molecule has 0 bridgehead atoms. The predicted molar refractivity (Wildman–Crippen MR) is 75.3 cm³/mol. The number of carbonyl (C=O) groups excluding carboxylic acids is 1. The molecule has 0 saturated carbocycles. The number of piperazine rings is 1. The van der Waals surface area contributed by atoms with Crippen molar-refractivity contribution < 1.29 is 18.7 Å². The van der Waals surface area contributed by atoms with Crippen molar-refractivity contribution in [3.05, 3.63) is 35.4 Å². The number of rotatable bonds is 6. The van der Waals surface area contributed by atoms with Crippen molar-refractivity contribution in [1.29, 1.82) is 0 Å². The second kappa shape index (κ2) is 7.59. The van der Waals surface area contributed by atoms with Crippen molar-refractivity contribution in [1.82, 2.24) is 9.80 Å². The van der Waals surface area contributed by atoms with E-state index in [0.29, 0.717) is 13.1 Å². The van der Waals surface area contributed by atoms with Crippen molar-refractivity contribution in [3.63, 3.8) is 0 Å². The van der Waals surface area contributed by atoms with Crippen molar-refractivity contribution in [2.24, 2.45) is 0 Å². The molecule has 0 atom stereocenters. The number of Topliss-reactive ketones (excluding diaryl/α,β-unsaturated/α-hetero) is 1. The van der Waals surface area contributed by atoms with Crippen LogP contribution in [0, 0.1) is 11.6 Å². The zero-order chi connectivity index (χ0) is 15.2. The number of halogens is 2. The molecule has 0 aromatic heterocycles. The smallest absolute Gasteiger partial charge is 0.169 e. The zero-order valence-corrected chi connectivity index (χ0v) is 11.9. The van der Waals surface area contributed by atoms with Crippen LogP contribution in [0.1, 0.15) is 16.8 Å². The molecule has 1 N–H and O–H groups in total. The molecule has 1 aromatic rings.